The summed E-state index contributed by atoms with van der Waals surface area (Å²) in [5.74, 6) is 0.0413. The summed E-state index contributed by atoms with van der Waals surface area (Å²) in [4.78, 5) is 0. The van der Waals surface area contributed by atoms with Gasteiger partial charge < -0.3 is 10.5 Å². The average Bonchev–Trinajstić information content (AvgIpc) is 2.12. The van der Waals surface area contributed by atoms with Crippen LogP contribution < -0.4 is 10.5 Å². The largest absolute Gasteiger partial charge is 0.487 e. The molecule has 0 aromatic heterocycles. The number of hydrogen-bond donors (Lipinski definition) is 1. The third kappa shape index (κ3) is 1.73. The number of halogens is 1. The Morgan fingerprint density at radius 1 is 1.43 bits per heavy atom. The van der Waals surface area contributed by atoms with Crippen LogP contribution in [0.25, 0.3) is 0 Å². The predicted octanol–water partition coefficient (Wildman–Crippen LogP) is 2.22. The molecule has 0 bridgehead atoms. The molecule has 1 aliphatic carbocycles. The zero-order valence-electron chi connectivity index (χ0n) is 8.00. The van der Waals surface area contributed by atoms with E-state index < -0.39 is 0 Å². The molecule has 1 aromatic rings. The van der Waals surface area contributed by atoms with Gasteiger partial charge in [-0.15, -0.1) is 0 Å². The molecular formula is C11H14FNO. The third-order valence-electron chi connectivity index (χ3n) is 2.61. The molecule has 0 aliphatic heterocycles. The molecule has 2 nitrogen and oxygen atoms in total. The van der Waals surface area contributed by atoms with Crippen LogP contribution in [0.1, 0.15) is 24.8 Å². The minimum atomic E-state index is -0.306. The summed E-state index contributed by atoms with van der Waals surface area (Å²) >= 11 is 0. The Morgan fingerprint density at radius 3 is 2.79 bits per heavy atom. The number of para-hydroxylation sites is 1. The molecule has 1 saturated carbocycles. The van der Waals surface area contributed by atoms with Crippen LogP contribution in [0.15, 0.2) is 18.2 Å². The summed E-state index contributed by atoms with van der Waals surface area (Å²) in [5, 5.41) is 0. The first-order valence-electron chi connectivity index (χ1n) is 4.95. The first-order valence-corrected chi connectivity index (χ1v) is 4.95. The first kappa shape index (κ1) is 9.46. The van der Waals surface area contributed by atoms with E-state index in [-0.39, 0.29) is 11.9 Å². The monoisotopic (exact) mass is 195 g/mol. The van der Waals surface area contributed by atoms with E-state index in [9.17, 15) is 4.39 Å². The second-order valence-corrected chi connectivity index (χ2v) is 3.60. The zero-order chi connectivity index (χ0) is 9.97. The van der Waals surface area contributed by atoms with Gasteiger partial charge in [0.1, 0.15) is 0 Å². The Hall–Kier alpha value is -1.09. The van der Waals surface area contributed by atoms with Gasteiger partial charge in [0.05, 0.1) is 6.10 Å². The maximum atomic E-state index is 13.4. The van der Waals surface area contributed by atoms with Gasteiger partial charge in [-0.05, 0) is 25.3 Å². The second-order valence-electron chi connectivity index (χ2n) is 3.60. The smallest absolute Gasteiger partial charge is 0.165 e. The lowest BCUT2D eigenvalue weighted by Gasteiger charge is -2.27. The Bertz CT molecular complexity index is 323. The Balaban J connectivity index is 2.19. The Labute approximate surface area is 82.9 Å². The van der Waals surface area contributed by atoms with Gasteiger partial charge in [0, 0.05) is 12.1 Å². The van der Waals surface area contributed by atoms with E-state index in [0.717, 1.165) is 18.4 Å². The van der Waals surface area contributed by atoms with E-state index in [1.165, 1.54) is 12.5 Å². The lowest BCUT2D eigenvalue weighted by atomic mass is 9.96. The van der Waals surface area contributed by atoms with Crippen LogP contribution in [0.4, 0.5) is 4.39 Å². The summed E-state index contributed by atoms with van der Waals surface area (Å²) in [5.41, 5.74) is 6.26. The van der Waals surface area contributed by atoms with Crippen molar-refractivity contribution < 1.29 is 9.13 Å². The maximum Gasteiger partial charge on any atom is 0.165 e. The number of benzene rings is 1. The molecule has 1 fully saturated rings. The van der Waals surface area contributed by atoms with Crippen molar-refractivity contribution >= 4 is 0 Å². The van der Waals surface area contributed by atoms with Gasteiger partial charge in [0.2, 0.25) is 0 Å². The molecule has 3 heteroatoms. The van der Waals surface area contributed by atoms with E-state index in [1.54, 1.807) is 12.1 Å². The quantitative estimate of drug-likeness (QED) is 0.802. The molecule has 0 unspecified atom stereocenters. The van der Waals surface area contributed by atoms with E-state index in [0.29, 0.717) is 12.3 Å². The van der Waals surface area contributed by atoms with E-state index >= 15 is 0 Å². The summed E-state index contributed by atoms with van der Waals surface area (Å²) in [6, 6.07) is 4.87. The summed E-state index contributed by atoms with van der Waals surface area (Å²) in [6.07, 6.45) is 3.42. The Kier molecular flexibility index (Phi) is 2.68. The highest BCUT2D eigenvalue weighted by Gasteiger charge is 2.21. The molecule has 1 aliphatic rings. The van der Waals surface area contributed by atoms with Crippen molar-refractivity contribution in [3.8, 4) is 5.75 Å². The molecule has 0 saturated heterocycles. The van der Waals surface area contributed by atoms with E-state index in [4.69, 9.17) is 10.5 Å². The number of hydrogen-bond acceptors (Lipinski definition) is 2. The van der Waals surface area contributed by atoms with Gasteiger partial charge in [0.25, 0.3) is 0 Å². The second kappa shape index (κ2) is 3.96. The number of rotatable bonds is 3. The predicted molar refractivity (Wildman–Crippen MR) is 52.6 cm³/mol. The van der Waals surface area contributed by atoms with Crippen molar-refractivity contribution in [3.05, 3.63) is 29.6 Å². The lowest BCUT2D eigenvalue weighted by Crippen LogP contribution is -2.25. The molecule has 0 radical (unpaired) electrons. The molecule has 1 aromatic carbocycles. The van der Waals surface area contributed by atoms with E-state index in [2.05, 4.69) is 0 Å². The standard InChI is InChI=1S/C11H14FNO/c12-10-6-1-3-8(7-13)11(10)14-9-4-2-5-9/h1,3,6,9H,2,4-5,7,13H2. The highest BCUT2D eigenvalue weighted by Crippen LogP contribution is 2.29. The molecule has 0 atom stereocenters. The average molecular weight is 195 g/mol. The van der Waals surface area contributed by atoms with Crippen molar-refractivity contribution in [3.63, 3.8) is 0 Å². The van der Waals surface area contributed by atoms with Crippen molar-refractivity contribution in [1.29, 1.82) is 0 Å². The summed E-state index contributed by atoms with van der Waals surface area (Å²) in [6.45, 7) is 0.319. The minimum absolute atomic E-state index is 0.192. The van der Waals surface area contributed by atoms with Crippen LogP contribution in [-0.4, -0.2) is 6.10 Å². The lowest BCUT2D eigenvalue weighted by molar-refractivity contribution is 0.113. The number of nitrogens with two attached hydrogens (primary N) is 1. The van der Waals surface area contributed by atoms with Gasteiger partial charge in [-0.1, -0.05) is 12.1 Å². The van der Waals surface area contributed by atoms with Gasteiger partial charge in [-0.3, -0.25) is 0 Å². The Morgan fingerprint density at radius 2 is 2.21 bits per heavy atom. The fourth-order valence-corrected chi connectivity index (χ4v) is 1.50. The normalized spacial score (nSPS) is 16.4. The fraction of sp³-hybridized carbons (Fsp3) is 0.455. The topological polar surface area (TPSA) is 35.2 Å². The molecule has 2 rings (SSSR count). The zero-order valence-corrected chi connectivity index (χ0v) is 8.00. The SMILES string of the molecule is NCc1cccc(F)c1OC1CCC1. The van der Waals surface area contributed by atoms with Gasteiger partial charge in [-0.25, -0.2) is 4.39 Å². The van der Waals surface area contributed by atoms with Crippen LogP contribution >= 0.6 is 0 Å². The van der Waals surface area contributed by atoms with Crippen molar-refractivity contribution in [2.75, 3.05) is 0 Å². The molecule has 2 N–H and O–H groups in total. The van der Waals surface area contributed by atoms with Gasteiger partial charge >= 0.3 is 0 Å². The van der Waals surface area contributed by atoms with Crippen LogP contribution in [-0.2, 0) is 6.54 Å². The molecule has 0 heterocycles. The van der Waals surface area contributed by atoms with Crippen molar-refractivity contribution in [2.45, 2.75) is 31.9 Å². The highest BCUT2D eigenvalue weighted by molar-refractivity contribution is 5.35. The van der Waals surface area contributed by atoms with Crippen LogP contribution in [0.5, 0.6) is 5.75 Å². The summed E-state index contributed by atoms with van der Waals surface area (Å²) < 4.78 is 18.9. The van der Waals surface area contributed by atoms with Gasteiger partial charge in [0.15, 0.2) is 11.6 Å². The van der Waals surface area contributed by atoms with Crippen LogP contribution in [0.3, 0.4) is 0 Å². The fourth-order valence-electron chi connectivity index (χ4n) is 1.50. The molecule has 0 amide bonds. The molecule has 0 spiro atoms. The molecular weight excluding hydrogens is 181 g/mol. The first-order chi connectivity index (χ1) is 6.81. The minimum Gasteiger partial charge on any atom is -0.487 e. The van der Waals surface area contributed by atoms with Crippen LogP contribution in [0, 0.1) is 5.82 Å². The third-order valence-corrected chi connectivity index (χ3v) is 2.61. The van der Waals surface area contributed by atoms with Crippen molar-refractivity contribution in [1.82, 2.24) is 0 Å². The van der Waals surface area contributed by atoms with Crippen molar-refractivity contribution in [2.24, 2.45) is 5.73 Å². The molecule has 14 heavy (non-hydrogen) atoms. The van der Waals surface area contributed by atoms with E-state index in [1.807, 2.05) is 0 Å². The van der Waals surface area contributed by atoms with Crippen LogP contribution in [0.2, 0.25) is 0 Å². The highest BCUT2D eigenvalue weighted by atomic mass is 19.1. The van der Waals surface area contributed by atoms with Gasteiger partial charge in [-0.2, -0.15) is 0 Å². The molecule has 76 valence electrons. The maximum absolute atomic E-state index is 13.4. The number of ether oxygens (including phenoxy) is 1. The summed E-state index contributed by atoms with van der Waals surface area (Å²) in [7, 11) is 0.